The second-order valence-corrected chi connectivity index (χ2v) is 9.41. The second-order valence-electron chi connectivity index (χ2n) is 7.74. The van der Waals surface area contributed by atoms with Crippen LogP contribution in [-0.4, -0.2) is 38.2 Å². The van der Waals surface area contributed by atoms with E-state index in [-0.39, 0.29) is 22.9 Å². The number of aromatic nitrogens is 2. The van der Waals surface area contributed by atoms with Crippen molar-refractivity contribution in [3.05, 3.63) is 69.5 Å². The molecular formula is C25H25N3O4S2. The molecule has 4 rings (SSSR count). The van der Waals surface area contributed by atoms with E-state index in [1.54, 1.807) is 66.7 Å². The average Bonchev–Trinajstić information content (AvgIpc) is 3.12. The smallest absolute Gasteiger partial charge is 0.269 e. The predicted molar refractivity (Wildman–Crippen MR) is 139 cm³/mol. The summed E-state index contributed by atoms with van der Waals surface area (Å²) in [4.78, 5) is 33.0. The van der Waals surface area contributed by atoms with Crippen LogP contribution >= 0.6 is 24.0 Å². The van der Waals surface area contributed by atoms with Gasteiger partial charge in [0, 0.05) is 12.7 Å². The molecule has 1 aromatic carbocycles. The number of carbonyl (C=O) groups excluding carboxylic acids is 1. The highest BCUT2D eigenvalue weighted by Crippen LogP contribution is 2.34. The molecule has 1 fully saturated rings. The summed E-state index contributed by atoms with van der Waals surface area (Å²) < 4.78 is 13.1. The zero-order valence-corrected chi connectivity index (χ0v) is 20.7. The fourth-order valence-electron chi connectivity index (χ4n) is 3.56. The number of ether oxygens (including phenoxy) is 2. The summed E-state index contributed by atoms with van der Waals surface area (Å²) in [5, 5.41) is 0. The van der Waals surface area contributed by atoms with Crippen molar-refractivity contribution in [2.24, 2.45) is 0 Å². The van der Waals surface area contributed by atoms with Crippen LogP contribution in [0.1, 0.15) is 38.2 Å². The van der Waals surface area contributed by atoms with Gasteiger partial charge in [0.1, 0.15) is 27.0 Å². The number of thioether (sulfide) groups is 1. The van der Waals surface area contributed by atoms with Crippen molar-refractivity contribution in [1.82, 2.24) is 14.3 Å². The van der Waals surface area contributed by atoms with Crippen molar-refractivity contribution in [3.8, 4) is 17.4 Å². The maximum absolute atomic E-state index is 13.4. The molecule has 7 nitrogen and oxygen atoms in total. The van der Waals surface area contributed by atoms with Gasteiger partial charge in [-0.05, 0) is 48.9 Å². The second kappa shape index (κ2) is 10.8. The Kier molecular flexibility index (Phi) is 7.64. The van der Waals surface area contributed by atoms with Gasteiger partial charge in [-0.15, -0.1) is 0 Å². The number of benzene rings is 1. The summed E-state index contributed by atoms with van der Waals surface area (Å²) in [6.45, 7) is 2.72. The molecule has 1 aliphatic rings. The standard InChI is InChI=1S/C25H25N3O4S2/c1-3-4-5-7-15-28-24(30)20(34-25(28)33)16-19-22(32-18-12-10-17(31-2)11-13-18)26-21-9-6-8-14-27(21)23(19)29/h6,8-14,16H,3-5,7,15H2,1-2H3/b20-16-. The van der Waals surface area contributed by atoms with Gasteiger partial charge in [-0.3, -0.25) is 18.9 Å². The summed E-state index contributed by atoms with van der Waals surface area (Å²) in [5.74, 6) is 1.10. The van der Waals surface area contributed by atoms with Crippen molar-refractivity contribution < 1.29 is 14.3 Å². The summed E-state index contributed by atoms with van der Waals surface area (Å²) in [6.07, 6.45) is 7.35. The van der Waals surface area contributed by atoms with E-state index in [1.165, 1.54) is 16.2 Å². The van der Waals surface area contributed by atoms with Crippen LogP contribution in [0.4, 0.5) is 0 Å². The number of hydrogen-bond acceptors (Lipinski definition) is 7. The lowest BCUT2D eigenvalue weighted by Crippen LogP contribution is -2.29. The number of pyridine rings is 1. The first-order valence-electron chi connectivity index (χ1n) is 11.1. The molecule has 3 aromatic rings. The lowest BCUT2D eigenvalue weighted by Gasteiger charge is -2.14. The minimum absolute atomic E-state index is 0.120. The number of unbranched alkanes of at least 4 members (excludes halogenated alkanes) is 3. The van der Waals surface area contributed by atoms with Crippen molar-refractivity contribution in [3.63, 3.8) is 0 Å². The lowest BCUT2D eigenvalue weighted by atomic mass is 10.2. The van der Waals surface area contributed by atoms with Gasteiger partial charge in [-0.2, -0.15) is 4.98 Å². The minimum atomic E-state index is -0.331. The Bertz CT molecular complexity index is 1300. The number of rotatable bonds is 9. The third kappa shape index (κ3) is 5.15. The van der Waals surface area contributed by atoms with Gasteiger partial charge in [0.05, 0.1) is 12.0 Å². The maximum Gasteiger partial charge on any atom is 0.269 e. The van der Waals surface area contributed by atoms with Crippen LogP contribution in [0.15, 0.2) is 58.4 Å². The SMILES string of the molecule is CCCCCCN1C(=O)/C(=C/c2c(Oc3ccc(OC)cc3)nc3ccccn3c2=O)SC1=S. The summed E-state index contributed by atoms with van der Waals surface area (Å²) in [6, 6.07) is 12.2. The number of methoxy groups -OCH3 is 1. The summed E-state index contributed by atoms with van der Waals surface area (Å²) in [7, 11) is 1.58. The van der Waals surface area contributed by atoms with Crippen LogP contribution in [0.3, 0.4) is 0 Å². The van der Waals surface area contributed by atoms with Gasteiger partial charge in [0.2, 0.25) is 5.88 Å². The Morgan fingerprint density at radius 3 is 2.56 bits per heavy atom. The molecule has 0 unspecified atom stereocenters. The molecule has 0 bridgehead atoms. The largest absolute Gasteiger partial charge is 0.497 e. The first kappa shape index (κ1) is 24.0. The van der Waals surface area contributed by atoms with Gasteiger partial charge in [-0.1, -0.05) is 56.2 Å². The van der Waals surface area contributed by atoms with Crippen molar-refractivity contribution >= 4 is 45.9 Å². The Morgan fingerprint density at radius 2 is 1.82 bits per heavy atom. The van der Waals surface area contributed by atoms with Crippen LogP contribution in [0.5, 0.6) is 17.4 Å². The molecule has 0 saturated carbocycles. The molecular weight excluding hydrogens is 470 g/mol. The summed E-state index contributed by atoms with van der Waals surface area (Å²) >= 11 is 6.64. The molecule has 0 atom stereocenters. The van der Waals surface area contributed by atoms with Crippen LogP contribution in [0.2, 0.25) is 0 Å². The lowest BCUT2D eigenvalue weighted by molar-refractivity contribution is -0.122. The van der Waals surface area contributed by atoms with Gasteiger partial charge in [-0.25, -0.2) is 0 Å². The number of nitrogens with zero attached hydrogens (tertiary/aromatic N) is 3. The van der Waals surface area contributed by atoms with Gasteiger partial charge in [0.25, 0.3) is 11.5 Å². The highest BCUT2D eigenvalue weighted by Gasteiger charge is 2.32. The molecule has 0 radical (unpaired) electrons. The molecule has 1 aliphatic heterocycles. The molecule has 0 aliphatic carbocycles. The molecule has 0 N–H and O–H groups in total. The molecule has 34 heavy (non-hydrogen) atoms. The maximum atomic E-state index is 13.4. The van der Waals surface area contributed by atoms with E-state index in [0.29, 0.717) is 32.9 Å². The monoisotopic (exact) mass is 495 g/mol. The zero-order valence-electron chi connectivity index (χ0n) is 19.0. The van der Waals surface area contributed by atoms with Gasteiger partial charge < -0.3 is 9.47 Å². The predicted octanol–water partition coefficient (Wildman–Crippen LogP) is 5.28. The number of thiocarbonyl (C=S) groups is 1. The third-order valence-corrected chi connectivity index (χ3v) is 6.77. The Balaban J connectivity index is 1.70. The van der Waals surface area contributed by atoms with E-state index >= 15 is 0 Å². The van der Waals surface area contributed by atoms with E-state index < -0.39 is 0 Å². The van der Waals surface area contributed by atoms with Gasteiger partial charge >= 0.3 is 0 Å². The van der Waals surface area contributed by atoms with E-state index in [1.807, 2.05) is 0 Å². The topological polar surface area (TPSA) is 73.1 Å². The summed E-state index contributed by atoms with van der Waals surface area (Å²) in [5.41, 5.74) is 0.296. The Hall–Kier alpha value is -3.17. The molecule has 1 amide bonds. The fourth-order valence-corrected chi connectivity index (χ4v) is 4.85. The molecule has 1 saturated heterocycles. The van der Waals surface area contributed by atoms with E-state index in [2.05, 4.69) is 11.9 Å². The van der Waals surface area contributed by atoms with Crippen LogP contribution in [0.25, 0.3) is 11.7 Å². The molecule has 3 heterocycles. The fraction of sp³-hybridized carbons (Fsp3) is 0.280. The molecule has 9 heteroatoms. The van der Waals surface area contributed by atoms with Crippen molar-refractivity contribution in [2.45, 2.75) is 32.6 Å². The normalized spacial score (nSPS) is 14.9. The number of carbonyl (C=O) groups is 1. The van der Waals surface area contributed by atoms with Gasteiger partial charge in [0.15, 0.2) is 0 Å². The zero-order chi connectivity index (χ0) is 24.1. The number of fused-ring (bicyclic) bond motifs is 1. The van der Waals surface area contributed by atoms with Crippen LogP contribution < -0.4 is 15.0 Å². The van der Waals surface area contributed by atoms with Crippen molar-refractivity contribution in [1.29, 1.82) is 0 Å². The Morgan fingerprint density at radius 1 is 1.06 bits per heavy atom. The molecule has 176 valence electrons. The van der Waals surface area contributed by atoms with E-state index in [0.717, 1.165) is 25.7 Å². The highest BCUT2D eigenvalue weighted by atomic mass is 32.2. The Labute approximate surface area is 207 Å². The van der Waals surface area contributed by atoms with Crippen LogP contribution in [-0.2, 0) is 4.79 Å². The number of amides is 1. The van der Waals surface area contributed by atoms with E-state index in [9.17, 15) is 9.59 Å². The van der Waals surface area contributed by atoms with E-state index in [4.69, 9.17) is 21.7 Å². The number of hydrogen-bond donors (Lipinski definition) is 0. The quantitative estimate of drug-likeness (QED) is 0.227. The first-order chi connectivity index (χ1) is 16.5. The van der Waals surface area contributed by atoms with Crippen LogP contribution in [0, 0.1) is 0 Å². The molecule has 2 aromatic heterocycles. The molecule has 0 spiro atoms. The third-order valence-electron chi connectivity index (χ3n) is 5.39. The minimum Gasteiger partial charge on any atom is -0.497 e. The average molecular weight is 496 g/mol. The van der Waals surface area contributed by atoms with Crippen molar-refractivity contribution in [2.75, 3.05) is 13.7 Å². The first-order valence-corrected chi connectivity index (χ1v) is 12.3. The highest BCUT2D eigenvalue weighted by molar-refractivity contribution is 8.26.